The summed E-state index contributed by atoms with van der Waals surface area (Å²) >= 11 is 0. The second-order valence-corrected chi connectivity index (χ2v) is 5.36. The molecule has 0 spiro atoms. The maximum Gasteiger partial charge on any atom is 0.0489 e. The van der Waals surface area contributed by atoms with Gasteiger partial charge in [-0.25, -0.2) is 0 Å². The molecule has 18 heavy (non-hydrogen) atoms. The van der Waals surface area contributed by atoms with Gasteiger partial charge in [-0.2, -0.15) is 5.10 Å². The Bertz CT molecular complexity index is 304. The Morgan fingerprint density at radius 2 is 2.44 bits per heavy atom. The molecule has 2 rings (SSSR count). The highest BCUT2D eigenvalue weighted by atomic mass is 15.3. The first-order valence-corrected chi connectivity index (χ1v) is 7.29. The lowest BCUT2D eigenvalue weighted by Gasteiger charge is -2.26. The van der Waals surface area contributed by atoms with Crippen molar-refractivity contribution in [2.45, 2.75) is 57.7 Å². The summed E-state index contributed by atoms with van der Waals surface area (Å²) in [6.07, 6.45) is 10.3. The van der Waals surface area contributed by atoms with Gasteiger partial charge >= 0.3 is 0 Å². The minimum absolute atomic E-state index is 0.609. The molecule has 0 aliphatic carbocycles. The molecule has 0 bridgehead atoms. The van der Waals surface area contributed by atoms with Crippen LogP contribution in [0.3, 0.4) is 0 Å². The van der Waals surface area contributed by atoms with Crippen LogP contribution in [0.5, 0.6) is 0 Å². The topological polar surface area (TPSA) is 41.9 Å². The van der Waals surface area contributed by atoms with Crippen molar-refractivity contribution in [2.75, 3.05) is 13.1 Å². The van der Waals surface area contributed by atoms with E-state index in [-0.39, 0.29) is 0 Å². The van der Waals surface area contributed by atoms with Crippen molar-refractivity contribution in [1.29, 1.82) is 0 Å². The highest BCUT2D eigenvalue weighted by molar-refractivity contribution is 4.78. The van der Waals surface area contributed by atoms with Crippen LogP contribution >= 0.6 is 0 Å². The van der Waals surface area contributed by atoms with E-state index in [1.165, 1.54) is 32.2 Å². The monoisotopic (exact) mass is 250 g/mol. The van der Waals surface area contributed by atoms with Crippen LogP contribution in [0.25, 0.3) is 0 Å². The van der Waals surface area contributed by atoms with Gasteiger partial charge < -0.3 is 10.6 Å². The third-order valence-electron chi connectivity index (χ3n) is 3.67. The normalized spacial score (nSPS) is 21.9. The Balaban J connectivity index is 1.52. The molecule has 2 heterocycles. The van der Waals surface area contributed by atoms with Crippen molar-refractivity contribution in [3.8, 4) is 0 Å². The summed E-state index contributed by atoms with van der Waals surface area (Å²) in [4.78, 5) is 0. The van der Waals surface area contributed by atoms with Gasteiger partial charge in [0.05, 0.1) is 0 Å². The van der Waals surface area contributed by atoms with E-state index in [0.29, 0.717) is 6.04 Å². The van der Waals surface area contributed by atoms with Gasteiger partial charge in [0.2, 0.25) is 0 Å². The number of piperidine rings is 1. The Morgan fingerprint density at radius 3 is 3.17 bits per heavy atom. The van der Waals surface area contributed by atoms with Gasteiger partial charge in [-0.1, -0.05) is 6.42 Å². The van der Waals surface area contributed by atoms with Crippen LogP contribution in [0.2, 0.25) is 0 Å². The molecule has 1 aliphatic heterocycles. The van der Waals surface area contributed by atoms with E-state index in [4.69, 9.17) is 0 Å². The molecule has 2 unspecified atom stereocenters. The maximum absolute atomic E-state index is 4.21. The smallest absolute Gasteiger partial charge is 0.0489 e. The first-order valence-electron chi connectivity index (χ1n) is 7.29. The summed E-state index contributed by atoms with van der Waals surface area (Å²) in [5.74, 6) is 0. The molecule has 4 nitrogen and oxygen atoms in total. The maximum atomic E-state index is 4.21. The number of rotatable bonds is 7. The zero-order chi connectivity index (χ0) is 12.6. The number of nitrogens with zero attached hydrogens (tertiary/aromatic N) is 2. The van der Waals surface area contributed by atoms with E-state index >= 15 is 0 Å². The minimum Gasteiger partial charge on any atom is -0.314 e. The number of aromatic nitrogens is 2. The van der Waals surface area contributed by atoms with Crippen LogP contribution in [-0.2, 0) is 6.54 Å². The SMILES string of the molecule is CC(CC1CCCCN1)NCCCn1cccn1. The first kappa shape index (κ1) is 13.6. The lowest BCUT2D eigenvalue weighted by molar-refractivity contribution is 0.343. The van der Waals surface area contributed by atoms with Crippen molar-refractivity contribution in [3.63, 3.8) is 0 Å². The zero-order valence-electron chi connectivity index (χ0n) is 11.4. The summed E-state index contributed by atoms with van der Waals surface area (Å²) in [6, 6.07) is 3.32. The lowest BCUT2D eigenvalue weighted by Crippen LogP contribution is -2.40. The third kappa shape index (κ3) is 4.78. The summed E-state index contributed by atoms with van der Waals surface area (Å²) in [7, 11) is 0. The van der Waals surface area contributed by atoms with Crippen LogP contribution in [0.15, 0.2) is 18.5 Å². The Kier molecular flexibility index (Phi) is 5.68. The molecule has 0 saturated carbocycles. The molecule has 1 fully saturated rings. The van der Waals surface area contributed by atoms with Crippen LogP contribution in [-0.4, -0.2) is 35.0 Å². The van der Waals surface area contributed by atoms with Crippen LogP contribution in [0.4, 0.5) is 0 Å². The van der Waals surface area contributed by atoms with E-state index < -0.39 is 0 Å². The summed E-state index contributed by atoms with van der Waals surface area (Å²) in [5, 5.41) is 11.4. The molecule has 1 aromatic heterocycles. The molecule has 1 aromatic rings. The first-order chi connectivity index (χ1) is 8.84. The van der Waals surface area contributed by atoms with E-state index in [1.807, 2.05) is 23.1 Å². The van der Waals surface area contributed by atoms with E-state index in [9.17, 15) is 0 Å². The van der Waals surface area contributed by atoms with Gasteiger partial charge in [0.25, 0.3) is 0 Å². The minimum atomic E-state index is 0.609. The lowest BCUT2D eigenvalue weighted by atomic mass is 9.99. The van der Waals surface area contributed by atoms with Crippen LogP contribution in [0, 0.1) is 0 Å². The molecular formula is C14H26N4. The third-order valence-corrected chi connectivity index (χ3v) is 3.67. The Morgan fingerprint density at radius 1 is 1.50 bits per heavy atom. The predicted molar refractivity (Wildman–Crippen MR) is 74.6 cm³/mol. The van der Waals surface area contributed by atoms with Gasteiger partial charge in [0, 0.05) is 31.0 Å². The molecular weight excluding hydrogens is 224 g/mol. The molecule has 0 radical (unpaired) electrons. The van der Waals surface area contributed by atoms with E-state index in [2.05, 4.69) is 22.7 Å². The fourth-order valence-electron chi connectivity index (χ4n) is 2.66. The van der Waals surface area contributed by atoms with E-state index in [0.717, 1.165) is 25.6 Å². The molecule has 0 aromatic carbocycles. The average molecular weight is 250 g/mol. The summed E-state index contributed by atoms with van der Waals surface area (Å²) < 4.78 is 2.00. The fourth-order valence-corrected chi connectivity index (χ4v) is 2.66. The molecule has 2 N–H and O–H groups in total. The highest BCUT2D eigenvalue weighted by Crippen LogP contribution is 2.11. The number of hydrogen-bond donors (Lipinski definition) is 2. The van der Waals surface area contributed by atoms with E-state index in [1.54, 1.807) is 0 Å². The second kappa shape index (κ2) is 7.54. The van der Waals surface area contributed by atoms with Crippen LogP contribution in [0.1, 0.15) is 39.0 Å². The van der Waals surface area contributed by atoms with Crippen molar-refractivity contribution in [2.24, 2.45) is 0 Å². The van der Waals surface area contributed by atoms with Gasteiger partial charge in [-0.05, 0) is 51.8 Å². The second-order valence-electron chi connectivity index (χ2n) is 5.36. The van der Waals surface area contributed by atoms with Gasteiger partial charge in [0.15, 0.2) is 0 Å². The summed E-state index contributed by atoms with van der Waals surface area (Å²) in [5.41, 5.74) is 0. The van der Waals surface area contributed by atoms with Crippen molar-refractivity contribution < 1.29 is 0 Å². The fraction of sp³-hybridized carbons (Fsp3) is 0.786. The number of nitrogens with one attached hydrogen (secondary N) is 2. The standard InChI is InChI=1S/C14H26N4/c1-13(12-14-6-2-3-7-16-14)15-8-4-10-18-11-5-9-17-18/h5,9,11,13-16H,2-4,6-8,10,12H2,1H3. The van der Waals surface area contributed by atoms with Crippen LogP contribution < -0.4 is 10.6 Å². The summed E-state index contributed by atoms with van der Waals surface area (Å²) in [6.45, 7) is 5.59. The highest BCUT2D eigenvalue weighted by Gasteiger charge is 2.14. The molecule has 1 aliphatic rings. The largest absolute Gasteiger partial charge is 0.314 e. The molecule has 0 amide bonds. The van der Waals surface area contributed by atoms with Crippen molar-refractivity contribution >= 4 is 0 Å². The van der Waals surface area contributed by atoms with Gasteiger partial charge in [-0.3, -0.25) is 4.68 Å². The zero-order valence-corrected chi connectivity index (χ0v) is 11.4. The quantitative estimate of drug-likeness (QED) is 0.725. The Labute approximate surface area is 110 Å². The average Bonchev–Trinajstić information content (AvgIpc) is 2.89. The predicted octanol–water partition coefficient (Wildman–Crippen LogP) is 1.78. The van der Waals surface area contributed by atoms with Gasteiger partial charge in [-0.15, -0.1) is 0 Å². The number of hydrogen-bond acceptors (Lipinski definition) is 3. The molecule has 1 saturated heterocycles. The molecule has 2 atom stereocenters. The van der Waals surface area contributed by atoms with Crippen molar-refractivity contribution in [1.82, 2.24) is 20.4 Å². The number of aryl methyl sites for hydroxylation is 1. The molecule has 4 heteroatoms. The molecule has 102 valence electrons. The van der Waals surface area contributed by atoms with Gasteiger partial charge in [0.1, 0.15) is 0 Å². The Hall–Kier alpha value is -0.870. The van der Waals surface area contributed by atoms with Crippen molar-refractivity contribution in [3.05, 3.63) is 18.5 Å².